The number of nitrogens with one attached hydrogen (secondary N) is 2. The molecule has 0 spiro atoms. The van der Waals surface area contributed by atoms with E-state index in [0.29, 0.717) is 33.3 Å². The van der Waals surface area contributed by atoms with Crippen molar-refractivity contribution in [1.82, 2.24) is 5.43 Å². The molecule has 0 unspecified atom stereocenters. The summed E-state index contributed by atoms with van der Waals surface area (Å²) in [5, 5.41) is 7.46. The van der Waals surface area contributed by atoms with Crippen LogP contribution < -0.4 is 15.5 Å². The first-order valence-electron chi connectivity index (χ1n) is 9.54. The normalized spacial score (nSPS) is 11.0. The number of rotatable bonds is 6. The van der Waals surface area contributed by atoms with Gasteiger partial charge < -0.3 is 10.1 Å². The van der Waals surface area contributed by atoms with E-state index in [0.717, 1.165) is 11.1 Å². The number of carbonyl (C=O) groups excluding carboxylic acids is 2. The van der Waals surface area contributed by atoms with Crippen molar-refractivity contribution in [1.29, 1.82) is 0 Å². The fourth-order valence-electron chi connectivity index (χ4n) is 2.94. The van der Waals surface area contributed by atoms with Crippen LogP contribution in [0.4, 0.5) is 5.69 Å². The van der Waals surface area contributed by atoms with Gasteiger partial charge in [0.05, 0.1) is 18.4 Å². The number of amides is 2. The van der Waals surface area contributed by atoms with Crippen molar-refractivity contribution in [2.75, 3.05) is 12.4 Å². The molecule has 3 aromatic carbocycles. The van der Waals surface area contributed by atoms with Gasteiger partial charge in [0.15, 0.2) is 0 Å². The number of hydrazone groups is 1. The van der Waals surface area contributed by atoms with Gasteiger partial charge in [-0.25, -0.2) is 5.43 Å². The first kappa shape index (κ1) is 22.1. The number of aryl methyl sites for hydroxylation is 1. The average molecular weight is 436 g/mol. The van der Waals surface area contributed by atoms with Crippen LogP contribution >= 0.6 is 11.6 Å². The van der Waals surface area contributed by atoms with Gasteiger partial charge in [0, 0.05) is 16.3 Å². The summed E-state index contributed by atoms with van der Waals surface area (Å²) >= 11 is 5.97. The molecule has 0 saturated heterocycles. The van der Waals surface area contributed by atoms with Gasteiger partial charge in [-0.15, -0.1) is 0 Å². The molecular formula is C24H22ClN3O3. The maximum Gasteiger partial charge on any atom is 0.275 e. The van der Waals surface area contributed by atoms with Gasteiger partial charge in [0.2, 0.25) is 0 Å². The molecule has 3 aromatic rings. The van der Waals surface area contributed by atoms with E-state index in [1.54, 1.807) is 37.3 Å². The molecule has 158 valence electrons. The molecule has 3 rings (SSSR count). The monoisotopic (exact) mass is 435 g/mol. The van der Waals surface area contributed by atoms with Crippen molar-refractivity contribution < 1.29 is 14.3 Å². The topological polar surface area (TPSA) is 79.8 Å². The zero-order chi connectivity index (χ0) is 22.4. The van der Waals surface area contributed by atoms with E-state index in [1.807, 2.05) is 37.3 Å². The van der Waals surface area contributed by atoms with Crippen LogP contribution in [-0.2, 0) is 0 Å². The van der Waals surface area contributed by atoms with E-state index < -0.39 is 5.91 Å². The van der Waals surface area contributed by atoms with Crippen molar-refractivity contribution in [2.24, 2.45) is 5.10 Å². The number of hydrogen-bond donors (Lipinski definition) is 2. The van der Waals surface area contributed by atoms with Gasteiger partial charge in [0.1, 0.15) is 5.75 Å². The van der Waals surface area contributed by atoms with Crippen LogP contribution in [0, 0.1) is 6.92 Å². The second-order valence-corrected chi connectivity index (χ2v) is 7.27. The van der Waals surface area contributed by atoms with E-state index >= 15 is 0 Å². The summed E-state index contributed by atoms with van der Waals surface area (Å²) in [6, 6.07) is 19.4. The number of ether oxygens (including phenoxy) is 1. The molecule has 0 fully saturated rings. The second-order valence-electron chi connectivity index (χ2n) is 6.83. The lowest BCUT2D eigenvalue weighted by Gasteiger charge is -2.09. The van der Waals surface area contributed by atoms with Gasteiger partial charge in [0.25, 0.3) is 11.8 Å². The quantitative estimate of drug-likeness (QED) is 0.419. The highest BCUT2D eigenvalue weighted by molar-refractivity contribution is 6.31. The maximum atomic E-state index is 12.4. The summed E-state index contributed by atoms with van der Waals surface area (Å²) < 4.78 is 5.19. The average Bonchev–Trinajstić information content (AvgIpc) is 2.78. The predicted octanol–water partition coefficient (Wildman–Crippen LogP) is 5.06. The first-order chi connectivity index (χ1) is 14.9. The van der Waals surface area contributed by atoms with Crippen LogP contribution in [-0.4, -0.2) is 24.6 Å². The van der Waals surface area contributed by atoms with Gasteiger partial charge in [-0.1, -0.05) is 41.9 Å². The van der Waals surface area contributed by atoms with E-state index in [2.05, 4.69) is 15.8 Å². The lowest BCUT2D eigenvalue weighted by molar-refractivity contribution is 0.0951. The zero-order valence-electron chi connectivity index (χ0n) is 17.4. The van der Waals surface area contributed by atoms with Crippen LogP contribution in [0.25, 0.3) is 0 Å². The Hall–Kier alpha value is -3.64. The summed E-state index contributed by atoms with van der Waals surface area (Å²) in [6.07, 6.45) is 0. The number of anilines is 1. The first-order valence-corrected chi connectivity index (χ1v) is 9.92. The van der Waals surface area contributed by atoms with E-state index in [-0.39, 0.29) is 5.91 Å². The Morgan fingerprint density at radius 3 is 2.32 bits per heavy atom. The van der Waals surface area contributed by atoms with Gasteiger partial charge >= 0.3 is 0 Å². The van der Waals surface area contributed by atoms with Crippen molar-refractivity contribution in [2.45, 2.75) is 13.8 Å². The summed E-state index contributed by atoms with van der Waals surface area (Å²) in [5.41, 5.74) is 6.41. The molecule has 2 amide bonds. The molecule has 0 atom stereocenters. The fourth-order valence-corrected chi connectivity index (χ4v) is 3.11. The summed E-state index contributed by atoms with van der Waals surface area (Å²) in [5.74, 6) is -0.191. The number of nitrogens with zero attached hydrogens (tertiary/aromatic N) is 1. The van der Waals surface area contributed by atoms with E-state index in [9.17, 15) is 9.59 Å². The molecule has 0 bridgehead atoms. The third kappa shape index (κ3) is 5.49. The standard InChI is InChI=1S/C24H22ClN3O3/c1-15-6-4-5-7-20(15)23(29)26-19-11-8-17(9-12-19)16(2)27-28-24(30)21-14-18(25)10-13-22(21)31-3/h4-14H,1-3H3,(H,26,29)(H,28,30). The van der Waals surface area contributed by atoms with Crippen molar-refractivity contribution in [3.05, 3.63) is 94.0 Å². The maximum absolute atomic E-state index is 12.4. The third-order valence-electron chi connectivity index (χ3n) is 4.68. The van der Waals surface area contributed by atoms with Crippen molar-refractivity contribution >= 4 is 34.8 Å². The summed E-state index contributed by atoms with van der Waals surface area (Å²) in [6.45, 7) is 3.67. The number of hydrogen-bond acceptors (Lipinski definition) is 4. The van der Waals surface area contributed by atoms with Crippen LogP contribution in [0.3, 0.4) is 0 Å². The predicted molar refractivity (Wildman–Crippen MR) is 123 cm³/mol. The lowest BCUT2D eigenvalue weighted by Crippen LogP contribution is -2.20. The second kappa shape index (κ2) is 9.91. The van der Waals surface area contributed by atoms with Crippen LogP contribution in [0.5, 0.6) is 5.75 Å². The molecule has 0 radical (unpaired) electrons. The minimum Gasteiger partial charge on any atom is -0.496 e. The Kier molecular flexibility index (Phi) is 7.05. The molecule has 31 heavy (non-hydrogen) atoms. The summed E-state index contributed by atoms with van der Waals surface area (Å²) in [7, 11) is 1.48. The fraction of sp³-hybridized carbons (Fsp3) is 0.125. The largest absolute Gasteiger partial charge is 0.496 e. The Morgan fingerprint density at radius 2 is 1.65 bits per heavy atom. The molecule has 0 aliphatic carbocycles. The molecule has 0 heterocycles. The molecule has 0 saturated carbocycles. The molecule has 0 aromatic heterocycles. The Labute approximate surface area is 185 Å². The van der Waals surface area contributed by atoms with Gasteiger partial charge in [-0.3, -0.25) is 9.59 Å². The highest BCUT2D eigenvalue weighted by atomic mass is 35.5. The van der Waals surface area contributed by atoms with E-state index in [1.165, 1.54) is 13.2 Å². The SMILES string of the molecule is COc1ccc(Cl)cc1C(=O)NN=C(C)c1ccc(NC(=O)c2ccccc2C)cc1. The van der Waals surface area contributed by atoms with Crippen LogP contribution in [0.1, 0.15) is 38.8 Å². The van der Waals surface area contributed by atoms with Crippen LogP contribution in [0.2, 0.25) is 5.02 Å². The Morgan fingerprint density at radius 1 is 0.935 bits per heavy atom. The lowest BCUT2D eigenvalue weighted by atomic mass is 10.1. The number of methoxy groups -OCH3 is 1. The smallest absolute Gasteiger partial charge is 0.275 e. The molecule has 7 heteroatoms. The number of benzene rings is 3. The molecule has 0 aliphatic heterocycles. The third-order valence-corrected chi connectivity index (χ3v) is 4.92. The molecule has 6 nitrogen and oxygen atoms in total. The molecular weight excluding hydrogens is 414 g/mol. The zero-order valence-corrected chi connectivity index (χ0v) is 18.2. The number of carbonyl (C=O) groups is 2. The minimum atomic E-state index is -0.430. The van der Waals surface area contributed by atoms with Crippen molar-refractivity contribution in [3.63, 3.8) is 0 Å². The number of halogens is 1. The van der Waals surface area contributed by atoms with Gasteiger partial charge in [-0.05, 0) is 61.4 Å². The Balaban J connectivity index is 1.67. The van der Waals surface area contributed by atoms with E-state index in [4.69, 9.17) is 16.3 Å². The molecule has 2 N–H and O–H groups in total. The Bertz CT molecular complexity index is 1140. The highest BCUT2D eigenvalue weighted by Crippen LogP contribution is 2.22. The van der Waals surface area contributed by atoms with Gasteiger partial charge in [-0.2, -0.15) is 5.10 Å². The van der Waals surface area contributed by atoms with Crippen molar-refractivity contribution in [3.8, 4) is 5.75 Å². The minimum absolute atomic E-state index is 0.168. The molecule has 0 aliphatic rings. The summed E-state index contributed by atoms with van der Waals surface area (Å²) in [4.78, 5) is 24.9. The van der Waals surface area contributed by atoms with Crippen LogP contribution in [0.15, 0.2) is 71.8 Å². The highest BCUT2D eigenvalue weighted by Gasteiger charge is 2.13.